The SMILES string of the molecule is CC[C@H](Oc1ccc(C)c(C)c1)C(=O)Nc1ccc(CC#N)cc1. The summed E-state index contributed by atoms with van der Waals surface area (Å²) in [4.78, 5) is 12.4. The molecular weight excluding hydrogens is 300 g/mol. The van der Waals surface area contributed by atoms with Gasteiger partial charge in [-0.3, -0.25) is 4.79 Å². The highest BCUT2D eigenvalue weighted by molar-refractivity contribution is 5.94. The molecular formula is C20H22N2O2. The number of nitrogens with one attached hydrogen (secondary N) is 1. The van der Waals surface area contributed by atoms with E-state index in [1.54, 1.807) is 12.1 Å². The van der Waals surface area contributed by atoms with E-state index in [-0.39, 0.29) is 5.91 Å². The van der Waals surface area contributed by atoms with Crippen molar-refractivity contribution < 1.29 is 9.53 Å². The first-order valence-electron chi connectivity index (χ1n) is 8.04. The van der Waals surface area contributed by atoms with Crippen molar-refractivity contribution in [1.29, 1.82) is 5.26 Å². The number of ether oxygens (including phenoxy) is 1. The quantitative estimate of drug-likeness (QED) is 0.868. The lowest BCUT2D eigenvalue weighted by atomic mass is 10.1. The second kappa shape index (κ2) is 8.16. The van der Waals surface area contributed by atoms with Gasteiger partial charge >= 0.3 is 0 Å². The maximum atomic E-state index is 12.4. The number of carbonyl (C=O) groups is 1. The van der Waals surface area contributed by atoms with Crippen molar-refractivity contribution in [2.75, 3.05) is 5.32 Å². The summed E-state index contributed by atoms with van der Waals surface area (Å²) < 4.78 is 5.84. The first kappa shape index (κ1) is 17.6. The Morgan fingerprint density at radius 1 is 1.17 bits per heavy atom. The van der Waals surface area contributed by atoms with Gasteiger partial charge in [0.2, 0.25) is 0 Å². The van der Waals surface area contributed by atoms with Gasteiger partial charge in [-0.25, -0.2) is 0 Å². The Kier molecular flexibility index (Phi) is 5.97. The van der Waals surface area contributed by atoms with Crippen LogP contribution >= 0.6 is 0 Å². The largest absolute Gasteiger partial charge is 0.481 e. The number of nitriles is 1. The average Bonchev–Trinajstić information content (AvgIpc) is 2.57. The minimum Gasteiger partial charge on any atom is -0.481 e. The monoisotopic (exact) mass is 322 g/mol. The molecule has 124 valence electrons. The smallest absolute Gasteiger partial charge is 0.265 e. The number of nitrogens with zero attached hydrogens (tertiary/aromatic N) is 1. The highest BCUT2D eigenvalue weighted by atomic mass is 16.5. The van der Waals surface area contributed by atoms with Gasteiger partial charge < -0.3 is 10.1 Å². The van der Waals surface area contributed by atoms with Gasteiger partial charge in [-0.2, -0.15) is 5.26 Å². The third-order valence-corrected chi connectivity index (χ3v) is 3.92. The molecule has 0 aromatic heterocycles. The standard InChI is InChI=1S/C20H22N2O2/c1-4-19(24-18-10-5-14(2)15(3)13-18)20(23)22-17-8-6-16(7-9-17)11-12-21/h5-10,13,19H,4,11H2,1-3H3,(H,22,23)/t19-/m0/s1. The lowest BCUT2D eigenvalue weighted by Crippen LogP contribution is -2.32. The van der Waals surface area contributed by atoms with Crippen LogP contribution in [-0.4, -0.2) is 12.0 Å². The van der Waals surface area contributed by atoms with Crippen LogP contribution in [0.2, 0.25) is 0 Å². The second-order valence-corrected chi connectivity index (χ2v) is 5.78. The molecule has 2 aromatic rings. The Morgan fingerprint density at radius 3 is 2.46 bits per heavy atom. The van der Waals surface area contributed by atoms with Crippen LogP contribution in [0.4, 0.5) is 5.69 Å². The molecule has 4 heteroatoms. The normalized spacial score (nSPS) is 11.4. The highest BCUT2D eigenvalue weighted by Gasteiger charge is 2.18. The van der Waals surface area contributed by atoms with Gasteiger partial charge in [0.1, 0.15) is 5.75 Å². The molecule has 0 saturated carbocycles. The summed E-state index contributed by atoms with van der Waals surface area (Å²) in [5.74, 6) is 0.522. The Morgan fingerprint density at radius 2 is 1.88 bits per heavy atom. The van der Waals surface area contributed by atoms with Crippen molar-refractivity contribution in [2.45, 2.75) is 39.7 Å². The summed E-state index contributed by atoms with van der Waals surface area (Å²) in [6, 6.07) is 15.2. The molecule has 0 heterocycles. The molecule has 4 nitrogen and oxygen atoms in total. The fraction of sp³-hybridized carbons (Fsp3) is 0.300. The Balaban J connectivity index is 2.02. The van der Waals surface area contributed by atoms with Gasteiger partial charge in [-0.15, -0.1) is 0 Å². The molecule has 0 saturated heterocycles. The molecule has 24 heavy (non-hydrogen) atoms. The van der Waals surface area contributed by atoms with Gasteiger partial charge in [0, 0.05) is 5.69 Å². The number of rotatable bonds is 6. The van der Waals surface area contributed by atoms with Gasteiger partial charge in [0.15, 0.2) is 6.10 Å². The number of hydrogen-bond acceptors (Lipinski definition) is 3. The van der Waals surface area contributed by atoms with E-state index < -0.39 is 6.10 Å². The fourth-order valence-electron chi connectivity index (χ4n) is 2.29. The molecule has 0 unspecified atom stereocenters. The zero-order valence-electron chi connectivity index (χ0n) is 14.3. The summed E-state index contributed by atoms with van der Waals surface area (Å²) in [6.45, 7) is 5.98. The predicted molar refractivity (Wildman–Crippen MR) is 95.0 cm³/mol. The van der Waals surface area contributed by atoms with Crippen LogP contribution < -0.4 is 10.1 Å². The van der Waals surface area contributed by atoms with E-state index in [0.29, 0.717) is 24.3 Å². The molecule has 0 spiro atoms. The second-order valence-electron chi connectivity index (χ2n) is 5.78. The minimum absolute atomic E-state index is 0.177. The van der Waals surface area contributed by atoms with Crippen molar-refractivity contribution in [1.82, 2.24) is 0 Å². The summed E-state index contributed by atoms with van der Waals surface area (Å²) in [7, 11) is 0. The van der Waals surface area contributed by atoms with E-state index in [0.717, 1.165) is 11.1 Å². The Bertz CT molecular complexity index is 745. The van der Waals surface area contributed by atoms with E-state index >= 15 is 0 Å². The van der Waals surface area contributed by atoms with E-state index in [9.17, 15) is 4.79 Å². The molecule has 1 atom stereocenters. The average molecular weight is 322 g/mol. The number of aryl methyl sites for hydroxylation is 2. The van der Waals surface area contributed by atoms with Crippen LogP contribution in [0.15, 0.2) is 42.5 Å². The van der Waals surface area contributed by atoms with Crippen molar-refractivity contribution in [2.24, 2.45) is 0 Å². The summed E-state index contributed by atoms with van der Waals surface area (Å²) >= 11 is 0. The van der Waals surface area contributed by atoms with Crippen LogP contribution in [0.3, 0.4) is 0 Å². The number of benzene rings is 2. The summed E-state index contributed by atoms with van der Waals surface area (Å²) in [5, 5.41) is 11.5. The van der Waals surface area contributed by atoms with E-state index in [1.807, 2.05) is 51.1 Å². The number of anilines is 1. The Labute approximate surface area is 143 Å². The molecule has 0 radical (unpaired) electrons. The lowest BCUT2D eigenvalue weighted by Gasteiger charge is -2.18. The van der Waals surface area contributed by atoms with Crippen molar-refractivity contribution in [3.63, 3.8) is 0 Å². The van der Waals surface area contributed by atoms with Crippen LogP contribution in [0.25, 0.3) is 0 Å². The predicted octanol–water partition coefficient (Wildman–Crippen LogP) is 4.17. The van der Waals surface area contributed by atoms with Crippen molar-refractivity contribution in [3.05, 3.63) is 59.2 Å². The van der Waals surface area contributed by atoms with Crippen LogP contribution in [0.1, 0.15) is 30.0 Å². The molecule has 0 aliphatic rings. The van der Waals surface area contributed by atoms with Crippen LogP contribution in [0.5, 0.6) is 5.75 Å². The third-order valence-electron chi connectivity index (χ3n) is 3.92. The summed E-state index contributed by atoms with van der Waals surface area (Å²) in [6.07, 6.45) is 0.387. The van der Waals surface area contributed by atoms with Gasteiger partial charge in [0.25, 0.3) is 5.91 Å². The van der Waals surface area contributed by atoms with Crippen molar-refractivity contribution >= 4 is 11.6 Å². The highest BCUT2D eigenvalue weighted by Crippen LogP contribution is 2.19. The Hall–Kier alpha value is -2.80. The molecule has 0 fully saturated rings. The zero-order valence-corrected chi connectivity index (χ0v) is 14.3. The van der Waals surface area contributed by atoms with Gasteiger partial charge in [-0.1, -0.05) is 25.1 Å². The molecule has 0 aliphatic carbocycles. The fourth-order valence-corrected chi connectivity index (χ4v) is 2.29. The molecule has 0 bridgehead atoms. The first-order valence-corrected chi connectivity index (χ1v) is 8.04. The molecule has 2 aromatic carbocycles. The van der Waals surface area contributed by atoms with E-state index in [4.69, 9.17) is 10.00 Å². The van der Waals surface area contributed by atoms with Crippen molar-refractivity contribution in [3.8, 4) is 11.8 Å². The number of amides is 1. The maximum absolute atomic E-state index is 12.4. The van der Waals surface area contributed by atoms with Gasteiger partial charge in [-0.05, 0) is 61.2 Å². The third kappa shape index (κ3) is 4.60. The maximum Gasteiger partial charge on any atom is 0.265 e. The van der Waals surface area contributed by atoms with E-state index in [1.165, 1.54) is 5.56 Å². The zero-order chi connectivity index (χ0) is 17.5. The summed E-state index contributed by atoms with van der Waals surface area (Å²) in [5.41, 5.74) is 3.95. The van der Waals surface area contributed by atoms with Crippen LogP contribution in [-0.2, 0) is 11.2 Å². The topological polar surface area (TPSA) is 62.1 Å². The number of hydrogen-bond donors (Lipinski definition) is 1. The number of carbonyl (C=O) groups excluding carboxylic acids is 1. The lowest BCUT2D eigenvalue weighted by molar-refractivity contribution is -0.122. The first-order chi connectivity index (χ1) is 11.5. The van der Waals surface area contributed by atoms with Gasteiger partial charge in [0.05, 0.1) is 12.5 Å². The molecule has 2 rings (SSSR count). The molecule has 1 N–H and O–H groups in total. The van der Waals surface area contributed by atoms with E-state index in [2.05, 4.69) is 11.4 Å². The molecule has 0 aliphatic heterocycles. The van der Waals surface area contributed by atoms with Crippen LogP contribution in [0, 0.1) is 25.2 Å². The minimum atomic E-state index is -0.550. The molecule has 1 amide bonds.